The van der Waals surface area contributed by atoms with Crippen LogP contribution in [0.3, 0.4) is 0 Å². The molecule has 0 bridgehead atoms. The van der Waals surface area contributed by atoms with Crippen LogP contribution in [0.1, 0.15) is 39.5 Å². The fourth-order valence-electron chi connectivity index (χ4n) is 0.994. The van der Waals surface area contributed by atoms with Crippen molar-refractivity contribution in [3.8, 4) is 0 Å². The summed E-state index contributed by atoms with van der Waals surface area (Å²) in [6.07, 6.45) is 11.7. The van der Waals surface area contributed by atoms with Crippen molar-refractivity contribution in [2.75, 3.05) is 6.61 Å². The van der Waals surface area contributed by atoms with Crippen molar-refractivity contribution in [1.82, 2.24) is 0 Å². The number of hydrogen-bond donors (Lipinski definition) is 0. The van der Waals surface area contributed by atoms with Gasteiger partial charge in [0.1, 0.15) is 0 Å². The van der Waals surface area contributed by atoms with Crippen LogP contribution < -0.4 is 0 Å². The molecule has 80 valence electrons. The van der Waals surface area contributed by atoms with Crippen LogP contribution in [-0.4, -0.2) is 12.6 Å². The highest BCUT2D eigenvalue weighted by molar-refractivity contribution is 5.71. The largest absolute Gasteiger partial charge is 0.466 e. The Kier molecular flexibility index (Phi) is 9.28. The monoisotopic (exact) mass is 196 g/mol. The van der Waals surface area contributed by atoms with E-state index in [1.54, 1.807) is 0 Å². The summed E-state index contributed by atoms with van der Waals surface area (Å²) in [4.78, 5) is 10.9. The van der Waals surface area contributed by atoms with Gasteiger partial charge in [-0.2, -0.15) is 0 Å². The molecule has 0 aliphatic carbocycles. The van der Waals surface area contributed by atoms with Gasteiger partial charge in [0.15, 0.2) is 0 Å². The van der Waals surface area contributed by atoms with Crippen LogP contribution in [0.2, 0.25) is 0 Å². The molecular formula is C12H20O2. The van der Waals surface area contributed by atoms with E-state index >= 15 is 0 Å². The molecular weight excluding hydrogens is 176 g/mol. The molecule has 2 heteroatoms. The van der Waals surface area contributed by atoms with E-state index < -0.39 is 0 Å². The zero-order chi connectivity index (χ0) is 10.6. The third-order valence-electron chi connectivity index (χ3n) is 1.66. The van der Waals surface area contributed by atoms with Crippen molar-refractivity contribution in [3.05, 3.63) is 24.3 Å². The maximum Gasteiger partial charge on any atom is 0.309 e. The van der Waals surface area contributed by atoms with E-state index in [0.29, 0.717) is 13.0 Å². The number of allylic oxidation sites excluding steroid dienone is 3. The van der Waals surface area contributed by atoms with Gasteiger partial charge in [0.25, 0.3) is 0 Å². The normalized spacial score (nSPS) is 11.3. The SMILES string of the molecule is CC/C=C/CC/C=C/CC(=O)OCC. The smallest absolute Gasteiger partial charge is 0.309 e. The number of hydrogen-bond acceptors (Lipinski definition) is 2. The molecule has 0 aromatic heterocycles. The lowest BCUT2D eigenvalue weighted by atomic mass is 10.2. The first-order valence-corrected chi connectivity index (χ1v) is 5.26. The van der Waals surface area contributed by atoms with Crippen LogP contribution in [0.5, 0.6) is 0 Å². The highest BCUT2D eigenvalue weighted by Gasteiger charge is 1.94. The van der Waals surface area contributed by atoms with Gasteiger partial charge in [-0.15, -0.1) is 0 Å². The van der Waals surface area contributed by atoms with Crippen LogP contribution in [-0.2, 0) is 9.53 Å². The van der Waals surface area contributed by atoms with Gasteiger partial charge >= 0.3 is 5.97 Å². The van der Waals surface area contributed by atoms with Gasteiger partial charge in [-0.3, -0.25) is 4.79 Å². The lowest BCUT2D eigenvalue weighted by Gasteiger charge is -1.96. The van der Waals surface area contributed by atoms with E-state index in [-0.39, 0.29) is 5.97 Å². The standard InChI is InChI=1S/C12H20O2/c1-3-5-6-7-8-9-10-11-12(13)14-4-2/h5-6,9-10H,3-4,7-8,11H2,1-2H3/b6-5+,10-9+. The number of rotatable bonds is 7. The molecule has 0 amide bonds. The molecule has 0 heterocycles. The highest BCUT2D eigenvalue weighted by atomic mass is 16.5. The topological polar surface area (TPSA) is 26.3 Å². The maximum atomic E-state index is 10.9. The number of esters is 1. The van der Waals surface area contributed by atoms with Gasteiger partial charge in [-0.25, -0.2) is 0 Å². The van der Waals surface area contributed by atoms with Crippen molar-refractivity contribution in [3.63, 3.8) is 0 Å². The Balaban J connectivity index is 3.35. The Morgan fingerprint density at radius 2 is 1.71 bits per heavy atom. The molecule has 0 unspecified atom stereocenters. The summed E-state index contributed by atoms with van der Waals surface area (Å²) in [7, 11) is 0. The zero-order valence-corrected chi connectivity index (χ0v) is 9.16. The summed E-state index contributed by atoms with van der Waals surface area (Å²) in [6.45, 7) is 4.40. The van der Waals surface area contributed by atoms with E-state index in [4.69, 9.17) is 4.74 Å². The van der Waals surface area contributed by atoms with Gasteiger partial charge in [0.05, 0.1) is 13.0 Å². The fourth-order valence-corrected chi connectivity index (χ4v) is 0.994. The second-order valence-corrected chi connectivity index (χ2v) is 2.94. The summed E-state index contributed by atoms with van der Waals surface area (Å²) in [5.41, 5.74) is 0. The Morgan fingerprint density at radius 1 is 1.07 bits per heavy atom. The van der Waals surface area contributed by atoms with Gasteiger partial charge in [0.2, 0.25) is 0 Å². The zero-order valence-electron chi connectivity index (χ0n) is 9.16. The fraction of sp³-hybridized carbons (Fsp3) is 0.583. The van der Waals surface area contributed by atoms with Gasteiger partial charge in [0, 0.05) is 0 Å². The molecule has 0 spiro atoms. The van der Waals surface area contributed by atoms with Gasteiger partial charge < -0.3 is 4.74 Å². The molecule has 0 atom stereocenters. The molecule has 0 fully saturated rings. The Labute approximate surface area is 86.6 Å². The molecule has 0 aromatic rings. The number of carbonyl (C=O) groups is 1. The van der Waals surface area contributed by atoms with Crippen molar-refractivity contribution >= 4 is 5.97 Å². The summed E-state index contributed by atoms with van der Waals surface area (Å²) < 4.78 is 4.78. The third-order valence-corrected chi connectivity index (χ3v) is 1.66. The third kappa shape index (κ3) is 9.04. The number of unbranched alkanes of at least 4 members (excludes halogenated alkanes) is 1. The first kappa shape index (κ1) is 12.9. The predicted molar refractivity (Wildman–Crippen MR) is 59.1 cm³/mol. The number of carbonyl (C=O) groups excluding carboxylic acids is 1. The van der Waals surface area contributed by atoms with Crippen molar-refractivity contribution in [2.24, 2.45) is 0 Å². The van der Waals surface area contributed by atoms with Crippen LogP contribution in [0.25, 0.3) is 0 Å². The molecule has 0 aliphatic heterocycles. The van der Waals surface area contributed by atoms with E-state index in [2.05, 4.69) is 19.1 Å². The van der Waals surface area contributed by atoms with E-state index in [1.807, 2.05) is 19.1 Å². The molecule has 0 aliphatic rings. The minimum atomic E-state index is -0.146. The molecule has 0 radical (unpaired) electrons. The second kappa shape index (κ2) is 10.0. The summed E-state index contributed by atoms with van der Waals surface area (Å²) in [5.74, 6) is -0.146. The average Bonchev–Trinajstić information content (AvgIpc) is 2.17. The summed E-state index contributed by atoms with van der Waals surface area (Å²) >= 11 is 0. The lowest BCUT2D eigenvalue weighted by Crippen LogP contribution is -2.01. The molecule has 0 saturated heterocycles. The minimum absolute atomic E-state index is 0.146. The average molecular weight is 196 g/mol. The predicted octanol–water partition coefficient (Wildman–Crippen LogP) is 3.24. The van der Waals surface area contributed by atoms with Gasteiger partial charge in [-0.1, -0.05) is 31.2 Å². The first-order chi connectivity index (χ1) is 6.81. The van der Waals surface area contributed by atoms with Crippen LogP contribution in [0.15, 0.2) is 24.3 Å². The molecule has 0 rings (SSSR count). The minimum Gasteiger partial charge on any atom is -0.466 e. The Hall–Kier alpha value is -1.05. The van der Waals surface area contributed by atoms with Crippen molar-refractivity contribution < 1.29 is 9.53 Å². The van der Waals surface area contributed by atoms with Crippen molar-refractivity contribution in [1.29, 1.82) is 0 Å². The van der Waals surface area contributed by atoms with E-state index in [1.165, 1.54) is 0 Å². The second-order valence-electron chi connectivity index (χ2n) is 2.94. The highest BCUT2D eigenvalue weighted by Crippen LogP contribution is 1.96. The Bertz CT molecular complexity index is 192. The van der Waals surface area contributed by atoms with Crippen molar-refractivity contribution in [2.45, 2.75) is 39.5 Å². The van der Waals surface area contributed by atoms with Crippen LogP contribution >= 0.6 is 0 Å². The van der Waals surface area contributed by atoms with E-state index in [9.17, 15) is 4.79 Å². The van der Waals surface area contributed by atoms with E-state index in [0.717, 1.165) is 19.3 Å². The maximum absolute atomic E-state index is 10.9. The molecule has 14 heavy (non-hydrogen) atoms. The quantitative estimate of drug-likeness (QED) is 0.355. The molecule has 0 aromatic carbocycles. The van der Waals surface area contributed by atoms with Crippen LogP contribution in [0, 0.1) is 0 Å². The first-order valence-electron chi connectivity index (χ1n) is 5.26. The van der Waals surface area contributed by atoms with Crippen LogP contribution in [0.4, 0.5) is 0 Å². The number of ether oxygens (including phenoxy) is 1. The summed E-state index contributed by atoms with van der Waals surface area (Å²) in [6, 6.07) is 0. The Morgan fingerprint density at radius 3 is 2.29 bits per heavy atom. The van der Waals surface area contributed by atoms with Gasteiger partial charge in [-0.05, 0) is 26.2 Å². The molecule has 0 N–H and O–H groups in total. The molecule has 0 saturated carbocycles. The molecule has 2 nitrogen and oxygen atoms in total. The lowest BCUT2D eigenvalue weighted by molar-refractivity contribution is -0.142. The summed E-state index contributed by atoms with van der Waals surface area (Å²) in [5, 5.41) is 0.